The molecular weight excluding hydrogens is 176 g/mol. The summed E-state index contributed by atoms with van der Waals surface area (Å²) in [6.07, 6.45) is 4.45. The van der Waals surface area contributed by atoms with E-state index in [1.807, 2.05) is 18.7 Å². The van der Waals surface area contributed by atoms with Crippen LogP contribution in [0, 0.1) is 0 Å². The fourth-order valence-electron chi connectivity index (χ4n) is 1.96. The molecule has 0 aromatic heterocycles. The molecule has 2 rings (SSSR count). The van der Waals surface area contributed by atoms with Gasteiger partial charge in [-0.1, -0.05) is 6.42 Å². The normalized spacial score (nSPS) is 21.9. The van der Waals surface area contributed by atoms with Crippen LogP contribution in [0.25, 0.3) is 0 Å². The van der Waals surface area contributed by atoms with Crippen molar-refractivity contribution >= 4 is 11.7 Å². The lowest BCUT2D eigenvalue weighted by Gasteiger charge is -2.14. The Kier molecular flexibility index (Phi) is 2.40. The number of amidine groups is 1. The van der Waals surface area contributed by atoms with Crippen LogP contribution in [0.2, 0.25) is 0 Å². The Morgan fingerprint density at radius 1 is 1.29 bits per heavy atom. The van der Waals surface area contributed by atoms with Gasteiger partial charge in [0.05, 0.1) is 0 Å². The van der Waals surface area contributed by atoms with Gasteiger partial charge >= 0.3 is 0 Å². The molecule has 0 spiro atoms. The van der Waals surface area contributed by atoms with Crippen LogP contribution in [-0.4, -0.2) is 23.2 Å². The molecule has 3 heteroatoms. The highest BCUT2D eigenvalue weighted by molar-refractivity contribution is 6.12. The molecule has 0 bridgehead atoms. The number of hydrogen-bond acceptors (Lipinski definition) is 2. The molecule has 0 saturated carbocycles. The molecule has 0 aliphatic carbocycles. The van der Waals surface area contributed by atoms with Gasteiger partial charge in [-0.15, -0.1) is 0 Å². The van der Waals surface area contributed by atoms with Gasteiger partial charge in [-0.25, -0.2) is 4.99 Å². The second kappa shape index (κ2) is 3.56. The van der Waals surface area contributed by atoms with Crippen LogP contribution < -0.4 is 0 Å². The van der Waals surface area contributed by atoms with Gasteiger partial charge in [-0.05, 0) is 32.3 Å². The van der Waals surface area contributed by atoms with E-state index in [0.717, 1.165) is 30.8 Å². The summed E-state index contributed by atoms with van der Waals surface area (Å²) in [6.45, 7) is 4.75. The monoisotopic (exact) mass is 192 g/mol. The van der Waals surface area contributed by atoms with Crippen LogP contribution in [0.4, 0.5) is 0 Å². The second-order valence-corrected chi connectivity index (χ2v) is 4.14. The Bertz CT molecular complexity index is 324. The third kappa shape index (κ3) is 1.47. The van der Waals surface area contributed by atoms with Gasteiger partial charge in [0, 0.05) is 13.0 Å². The first-order valence-electron chi connectivity index (χ1n) is 5.27. The van der Waals surface area contributed by atoms with Gasteiger partial charge in [0.1, 0.15) is 11.5 Å². The Morgan fingerprint density at radius 2 is 2.07 bits per heavy atom. The van der Waals surface area contributed by atoms with Gasteiger partial charge in [-0.3, -0.25) is 9.69 Å². The van der Waals surface area contributed by atoms with E-state index >= 15 is 0 Å². The number of allylic oxidation sites excluding steroid dienone is 1. The van der Waals surface area contributed by atoms with Gasteiger partial charge < -0.3 is 0 Å². The molecular formula is C11H16N2O. The molecule has 2 heterocycles. The summed E-state index contributed by atoms with van der Waals surface area (Å²) < 4.78 is 0. The Balaban J connectivity index is 2.32. The van der Waals surface area contributed by atoms with Crippen LogP contribution in [0.3, 0.4) is 0 Å². The van der Waals surface area contributed by atoms with Gasteiger partial charge in [-0.2, -0.15) is 0 Å². The maximum atomic E-state index is 11.9. The zero-order chi connectivity index (χ0) is 10.1. The van der Waals surface area contributed by atoms with Crippen molar-refractivity contribution in [3.05, 3.63) is 11.3 Å². The molecule has 0 unspecified atom stereocenters. The highest BCUT2D eigenvalue weighted by Crippen LogP contribution is 2.23. The lowest BCUT2D eigenvalue weighted by atomic mass is 10.2. The van der Waals surface area contributed by atoms with Crippen molar-refractivity contribution in [3.8, 4) is 0 Å². The van der Waals surface area contributed by atoms with E-state index in [1.165, 1.54) is 12.8 Å². The Morgan fingerprint density at radius 3 is 2.79 bits per heavy atom. The van der Waals surface area contributed by atoms with Crippen molar-refractivity contribution in [3.63, 3.8) is 0 Å². The molecule has 1 saturated heterocycles. The average molecular weight is 192 g/mol. The first-order chi connectivity index (χ1) is 6.70. The van der Waals surface area contributed by atoms with E-state index in [-0.39, 0.29) is 5.91 Å². The highest BCUT2D eigenvalue weighted by Gasteiger charge is 2.30. The largest absolute Gasteiger partial charge is 0.295 e. The lowest BCUT2D eigenvalue weighted by Crippen LogP contribution is -2.31. The summed E-state index contributed by atoms with van der Waals surface area (Å²) in [7, 11) is 0. The van der Waals surface area contributed by atoms with E-state index in [1.54, 1.807) is 0 Å². The van der Waals surface area contributed by atoms with E-state index in [2.05, 4.69) is 4.99 Å². The molecule has 0 N–H and O–H groups in total. The van der Waals surface area contributed by atoms with Crippen molar-refractivity contribution in [1.82, 2.24) is 4.90 Å². The SMILES string of the molecule is CC(C)=C1N=C2CCCCCN2C1=O. The third-order valence-corrected chi connectivity index (χ3v) is 2.76. The molecule has 0 atom stereocenters. The van der Waals surface area contributed by atoms with Crippen molar-refractivity contribution in [2.75, 3.05) is 6.54 Å². The van der Waals surface area contributed by atoms with Gasteiger partial charge in [0.2, 0.25) is 0 Å². The zero-order valence-electron chi connectivity index (χ0n) is 8.84. The summed E-state index contributed by atoms with van der Waals surface area (Å²) >= 11 is 0. The number of carbonyl (C=O) groups is 1. The molecule has 1 amide bonds. The summed E-state index contributed by atoms with van der Waals surface area (Å²) in [4.78, 5) is 18.2. The maximum absolute atomic E-state index is 11.9. The van der Waals surface area contributed by atoms with Crippen molar-refractivity contribution in [2.45, 2.75) is 39.5 Å². The van der Waals surface area contributed by atoms with Crippen LogP contribution in [-0.2, 0) is 4.79 Å². The second-order valence-electron chi connectivity index (χ2n) is 4.14. The van der Waals surface area contributed by atoms with Gasteiger partial charge in [0.15, 0.2) is 0 Å². The number of rotatable bonds is 0. The first kappa shape index (κ1) is 9.44. The predicted molar refractivity (Wildman–Crippen MR) is 56.0 cm³/mol. The average Bonchev–Trinajstić information content (AvgIpc) is 2.37. The summed E-state index contributed by atoms with van der Waals surface area (Å²) in [5.41, 5.74) is 1.69. The third-order valence-electron chi connectivity index (χ3n) is 2.76. The molecule has 14 heavy (non-hydrogen) atoms. The number of aliphatic imine (C=N–C) groups is 1. The van der Waals surface area contributed by atoms with Crippen LogP contribution in [0.1, 0.15) is 39.5 Å². The minimum atomic E-state index is 0.113. The zero-order valence-corrected chi connectivity index (χ0v) is 8.84. The molecule has 2 aliphatic rings. The van der Waals surface area contributed by atoms with Crippen LogP contribution in [0.5, 0.6) is 0 Å². The van der Waals surface area contributed by atoms with Crippen LogP contribution >= 0.6 is 0 Å². The topological polar surface area (TPSA) is 32.7 Å². The number of amides is 1. The minimum Gasteiger partial charge on any atom is -0.295 e. The first-order valence-corrected chi connectivity index (χ1v) is 5.27. The molecule has 1 fully saturated rings. The van der Waals surface area contributed by atoms with E-state index < -0.39 is 0 Å². The summed E-state index contributed by atoms with van der Waals surface area (Å²) in [5.74, 6) is 1.10. The highest BCUT2D eigenvalue weighted by atomic mass is 16.2. The van der Waals surface area contributed by atoms with Gasteiger partial charge in [0.25, 0.3) is 5.91 Å². The number of hydrogen-bond donors (Lipinski definition) is 0. The predicted octanol–water partition coefficient (Wildman–Crippen LogP) is 2.09. The number of carbonyl (C=O) groups excluding carboxylic acids is 1. The molecule has 0 aromatic rings. The van der Waals surface area contributed by atoms with E-state index in [9.17, 15) is 4.79 Å². The maximum Gasteiger partial charge on any atom is 0.277 e. The van der Waals surface area contributed by atoms with Crippen molar-refractivity contribution in [1.29, 1.82) is 0 Å². The number of fused-ring (bicyclic) bond motifs is 1. The molecule has 76 valence electrons. The smallest absolute Gasteiger partial charge is 0.277 e. The Hall–Kier alpha value is -1.12. The molecule has 2 aliphatic heterocycles. The van der Waals surface area contributed by atoms with Crippen molar-refractivity contribution < 1.29 is 4.79 Å². The molecule has 0 radical (unpaired) electrons. The summed E-state index contributed by atoms with van der Waals surface area (Å²) in [5, 5.41) is 0. The fourth-order valence-corrected chi connectivity index (χ4v) is 1.96. The fraction of sp³-hybridized carbons (Fsp3) is 0.636. The van der Waals surface area contributed by atoms with Crippen LogP contribution in [0.15, 0.2) is 16.3 Å². The molecule has 0 aromatic carbocycles. The lowest BCUT2D eigenvalue weighted by molar-refractivity contribution is -0.122. The number of nitrogens with zero attached hydrogens (tertiary/aromatic N) is 2. The standard InChI is InChI=1S/C11H16N2O/c1-8(2)10-11(14)13-7-5-3-4-6-9(13)12-10/h3-7H2,1-2H3. The Labute approximate surface area is 84.5 Å². The van der Waals surface area contributed by atoms with E-state index in [0.29, 0.717) is 5.70 Å². The summed E-state index contributed by atoms with van der Waals surface area (Å²) in [6, 6.07) is 0. The quantitative estimate of drug-likeness (QED) is 0.541. The van der Waals surface area contributed by atoms with Crippen molar-refractivity contribution in [2.24, 2.45) is 4.99 Å². The molecule has 3 nitrogen and oxygen atoms in total. The van der Waals surface area contributed by atoms with E-state index in [4.69, 9.17) is 0 Å². The minimum absolute atomic E-state index is 0.113.